The fraction of sp³-hybridized carbons (Fsp3) is 0.933. The molecule has 0 radical (unpaired) electrons. The highest BCUT2D eigenvalue weighted by Crippen LogP contribution is 2.14. The first-order chi connectivity index (χ1) is 8.63. The summed E-state index contributed by atoms with van der Waals surface area (Å²) >= 11 is 0. The molecule has 0 aromatic heterocycles. The first-order valence-electron chi connectivity index (χ1n) is 7.62. The molecule has 0 aliphatic carbocycles. The van der Waals surface area contributed by atoms with Crippen LogP contribution in [0.25, 0.3) is 0 Å². The largest absolute Gasteiger partial charge is 0.342 e. The van der Waals surface area contributed by atoms with E-state index in [9.17, 15) is 4.79 Å². The van der Waals surface area contributed by atoms with E-state index in [1.54, 1.807) is 0 Å². The molecule has 1 unspecified atom stereocenters. The number of amides is 1. The molecule has 0 aromatic rings. The summed E-state index contributed by atoms with van der Waals surface area (Å²) in [6, 6.07) is 0. The summed E-state index contributed by atoms with van der Waals surface area (Å²) in [6.45, 7) is 10.6. The topological polar surface area (TPSA) is 32.3 Å². The Morgan fingerprint density at radius 3 is 2.78 bits per heavy atom. The highest BCUT2D eigenvalue weighted by molar-refractivity contribution is 5.76. The van der Waals surface area contributed by atoms with Crippen LogP contribution in [0.1, 0.15) is 52.9 Å². The van der Waals surface area contributed by atoms with Crippen LogP contribution in [0.15, 0.2) is 0 Å². The van der Waals surface area contributed by atoms with Gasteiger partial charge in [-0.15, -0.1) is 0 Å². The van der Waals surface area contributed by atoms with E-state index in [1.807, 2.05) is 0 Å². The van der Waals surface area contributed by atoms with Crippen molar-refractivity contribution in [3.8, 4) is 0 Å². The van der Waals surface area contributed by atoms with Gasteiger partial charge in [0.05, 0.1) is 0 Å². The molecule has 1 aliphatic heterocycles. The van der Waals surface area contributed by atoms with Gasteiger partial charge in [-0.3, -0.25) is 4.79 Å². The molecule has 1 heterocycles. The summed E-state index contributed by atoms with van der Waals surface area (Å²) in [7, 11) is 0. The van der Waals surface area contributed by atoms with Crippen molar-refractivity contribution in [2.45, 2.75) is 52.9 Å². The Labute approximate surface area is 112 Å². The third kappa shape index (κ3) is 5.85. The maximum atomic E-state index is 12.2. The summed E-state index contributed by atoms with van der Waals surface area (Å²) in [5, 5.41) is 3.43. The van der Waals surface area contributed by atoms with Gasteiger partial charge in [-0.2, -0.15) is 0 Å². The van der Waals surface area contributed by atoms with E-state index < -0.39 is 0 Å². The second kappa shape index (κ2) is 8.52. The van der Waals surface area contributed by atoms with Crippen LogP contribution in [0.2, 0.25) is 0 Å². The molecule has 1 rings (SSSR count). The normalized spacial score (nSPS) is 20.1. The first-order valence-corrected chi connectivity index (χ1v) is 7.62. The zero-order valence-electron chi connectivity index (χ0n) is 12.4. The molecule has 0 spiro atoms. The lowest BCUT2D eigenvalue weighted by molar-refractivity contribution is -0.132. The molecule has 1 fully saturated rings. The molecule has 1 N–H and O–H groups in total. The monoisotopic (exact) mass is 254 g/mol. The number of carbonyl (C=O) groups is 1. The standard InChI is InChI=1S/C15H30N2O/c1-4-10-17(15(18)8-7-13(2)3)12-14-6-5-9-16-11-14/h13-14,16H,4-12H2,1-3H3. The summed E-state index contributed by atoms with van der Waals surface area (Å²) in [6.07, 6.45) is 5.32. The molecule has 3 nitrogen and oxygen atoms in total. The van der Waals surface area contributed by atoms with E-state index >= 15 is 0 Å². The van der Waals surface area contributed by atoms with Gasteiger partial charge in [0.25, 0.3) is 0 Å². The lowest BCUT2D eigenvalue weighted by Gasteiger charge is -2.30. The Kier molecular flexibility index (Phi) is 7.33. The smallest absolute Gasteiger partial charge is 0.222 e. The van der Waals surface area contributed by atoms with Crippen LogP contribution >= 0.6 is 0 Å². The van der Waals surface area contributed by atoms with Crippen LogP contribution in [-0.2, 0) is 4.79 Å². The van der Waals surface area contributed by atoms with Crippen molar-refractivity contribution >= 4 is 5.91 Å². The third-order valence-electron chi connectivity index (χ3n) is 3.66. The van der Waals surface area contributed by atoms with Gasteiger partial charge in [0.1, 0.15) is 0 Å². The molecule has 0 aromatic carbocycles. The predicted molar refractivity (Wildman–Crippen MR) is 76.5 cm³/mol. The minimum Gasteiger partial charge on any atom is -0.342 e. The number of rotatable bonds is 7. The van der Waals surface area contributed by atoms with Gasteiger partial charge in [0.15, 0.2) is 0 Å². The van der Waals surface area contributed by atoms with Crippen LogP contribution in [-0.4, -0.2) is 37.0 Å². The van der Waals surface area contributed by atoms with Gasteiger partial charge in [0, 0.05) is 19.5 Å². The van der Waals surface area contributed by atoms with Crippen LogP contribution in [0, 0.1) is 11.8 Å². The minimum absolute atomic E-state index is 0.358. The average molecular weight is 254 g/mol. The van der Waals surface area contributed by atoms with E-state index in [1.165, 1.54) is 12.8 Å². The molecule has 18 heavy (non-hydrogen) atoms. The van der Waals surface area contributed by atoms with E-state index in [-0.39, 0.29) is 0 Å². The number of hydrogen-bond donors (Lipinski definition) is 1. The fourth-order valence-electron chi connectivity index (χ4n) is 2.55. The van der Waals surface area contributed by atoms with Crippen molar-refractivity contribution in [3.63, 3.8) is 0 Å². The van der Waals surface area contributed by atoms with E-state index in [2.05, 4.69) is 31.0 Å². The molecular weight excluding hydrogens is 224 g/mol. The Bertz CT molecular complexity index is 235. The van der Waals surface area contributed by atoms with Crippen molar-refractivity contribution in [1.29, 1.82) is 0 Å². The second-order valence-electron chi connectivity index (χ2n) is 5.98. The lowest BCUT2D eigenvalue weighted by atomic mass is 9.98. The highest BCUT2D eigenvalue weighted by atomic mass is 16.2. The van der Waals surface area contributed by atoms with E-state index in [4.69, 9.17) is 0 Å². The number of piperidine rings is 1. The molecule has 0 bridgehead atoms. The molecule has 1 atom stereocenters. The molecule has 3 heteroatoms. The van der Waals surface area contributed by atoms with Crippen molar-refractivity contribution in [2.75, 3.05) is 26.2 Å². The molecule has 1 aliphatic rings. The van der Waals surface area contributed by atoms with Crippen LogP contribution in [0.5, 0.6) is 0 Å². The Morgan fingerprint density at radius 2 is 2.22 bits per heavy atom. The first kappa shape index (κ1) is 15.5. The minimum atomic E-state index is 0.358. The highest BCUT2D eigenvalue weighted by Gasteiger charge is 2.20. The van der Waals surface area contributed by atoms with Gasteiger partial charge in [0.2, 0.25) is 5.91 Å². The molecule has 106 valence electrons. The number of hydrogen-bond acceptors (Lipinski definition) is 2. The molecule has 0 saturated carbocycles. The Morgan fingerprint density at radius 1 is 1.44 bits per heavy atom. The Hall–Kier alpha value is -0.570. The van der Waals surface area contributed by atoms with Gasteiger partial charge < -0.3 is 10.2 Å². The van der Waals surface area contributed by atoms with E-state index in [0.29, 0.717) is 17.7 Å². The number of nitrogens with one attached hydrogen (secondary N) is 1. The predicted octanol–water partition coefficient (Wildman–Crippen LogP) is 2.66. The zero-order valence-corrected chi connectivity index (χ0v) is 12.4. The summed E-state index contributed by atoms with van der Waals surface area (Å²) in [5.41, 5.74) is 0. The quantitative estimate of drug-likeness (QED) is 0.757. The van der Waals surface area contributed by atoms with Gasteiger partial charge in [-0.1, -0.05) is 20.8 Å². The van der Waals surface area contributed by atoms with E-state index in [0.717, 1.165) is 45.4 Å². The van der Waals surface area contributed by atoms with Gasteiger partial charge in [-0.05, 0) is 50.6 Å². The average Bonchev–Trinajstić information content (AvgIpc) is 2.36. The number of carbonyl (C=O) groups excluding carboxylic acids is 1. The maximum Gasteiger partial charge on any atom is 0.222 e. The van der Waals surface area contributed by atoms with Gasteiger partial charge >= 0.3 is 0 Å². The van der Waals surface area contributed by atoms with Crippen molar-refractivity contribution in [3.05, 3.63) is 0 Å². The van der Waals surface area contributed by atoms with Crippen LogP contribution < -0.4 is 5.32 Å². The van der Waals surface area contributed by atoms with Gasteiger partial charge in [-0.25, -0.2) is 0 Å². The second-order valence-corrected chi connectivity index (χ2v) is 5.98. The summed E-state index contributed by atoms with van der Waals surface area (Å²) < 4.78 is 0. The van der Waals surface area contributed by atoms with Crippen molar-refractivity contribution in [2.24, 2.45) is 11.8 Å². The lowest BCUT2D eigenvalue weighted by Crippen LogP contribution is -2.41. The zero-order chi connectivity index (χ0) is 13.4. The fourth-order valence-corrected chi connectivity index (χ4v) is 2.55. The molecule has 1 amide bonds. The SMILES string of the molecule is CCCN(CC1CCCNC1)C(=O)CCC(C)C. The number of nitrogens with zero attached hydrogens (tertiary/aromatic N) is 1. The summed E-state index contributed by atoms with van der Waals surface area (Å²) in [5.74, 6) is 1.64. The maximum absolute atomic E-state index is 12.2. The summed E-state index contributed by atoms with van der Waals surface area (Å²) in [4.78, 5) is 14.3. The van der Waals surface area contributed by atoms with Crippen molar-refractivity contribution in [1.82, 2.24) is 10.2 Å². The van der Waals surface area contributed by atoms with Crippen LogP contribution in [0.3, 0.4) is 0 Å². The third-order valence-corrected chi connectivity index (χ3v) is 3.66. The molecule has 1 saturated heterocycles. The van der Waals surface area contributed by atoms with Crippen molar-refractivity contribution < 1.29 is 4.79 Å². The Balaban J connectivity index is 2.39. The molecular formula is C15H30N2O. The van der Waals surface area contributed by atoms with Crippen LogP contribution in [0.4, 0.5) is 0 Å².